The van der Waals surface area contributed by atoms with Crippen LogP contribution in [0.15, 0.2) is 96.2 Å². The Bertz CT molecular complexity index is 1200. The molecular weight excluding hydrogens is 454 g/mol. The second-order valence-electron chi connectivity index (χ2n) is 8.61. The molecule has 0 bridgehead atoms. The van der Waals surface area contributed by atoms with Gasteiger partial charge in [0, 0.05) is 55.3 Å². The molecule has 0 radical (unpaired) electrons. The molecule has 1 N–H and O–H groups in total. The maximum Gasteiger partial charge on any atom is 0.209 e. The van der Waals surface area contributed by atoms with Gasteiger partial charge in [-0.25, -0.2) is 4.98 Å². The van der Waals surface area contributed by atoms with E-state index in [1.807, 2.05) is 66.7 Å². The van der Waals surface area contributed by atoms with Gasteiger partial charge in [0.05, 0.1) is 6.10 Å². The van der Waals surface area contributed by atoms with Crippen molar-refractivity contribution in [1.82, 2.24) is 20.1 Å². The molecule has 6 nitrogen and oxygen atoms in total. The second kappa shape index (κ2) is 11.4. The molecule has 7 heteroatoms. The lowest BCUT2D eigenvalue weighted by Crippen LogP contribution is -2.48. The average molecular weight is 484 g/mol. The van der Waals surface area contributed by atoms with Crippen molar-refractivity contribution in [2.24, 2.45) is 0 Å². The van der Waals surface area contributed by atoms with E-state index in [-0.39, 0.29) is 0 Å². The summed E-state index contributed by atoms with van der Waals surface area (Å²) >= 11 is 1.46. The summed E-state index contributed by atoms with van der Waals surface area (Å²) in [6, 6.07) is 30.6. The third kappa shape index (κ3) is 6.06. The Morgan fingerprint density at radius 2 is 1.29 bits per heavy atom. The number of nitrogens with zero attached hydrogens (tertiary/aromatic N) is 5. The van der Waals surface area contributed by atoms with Crippen LogP contribution in [0.3, 0.4) is 0 Å². The Labute approximate surface area is 210 Å². The first-order chi connectivity index (χ1) is 17.3. The minimum absolute atomic E-state index is 0.458. The van der Waals surface area contributed by atoms with Crippen molar-refractivity contribution in [3.63, 3.8) is 0 Å². The molecule has 1 atom stereocenters. The second-order valence-corrected chi connectivity index (χ2v) is 9.60. The molecule has 0 saturated carbocycles. The topological polar surface area (TPSA) is 65.4 Å². The zero-order valence-electron chi connectivity index (χ0n) is 19.6. The van der Waals surface area contributed by atoms with Crippen LogP contribution in [0.4, 0.5) is 5.69 Å². The third-order valence-electron chi connectivity index (χ3n) is 6.13. The van der Waals surface area contributed by atoms with Crippen molar-refractivity contribution in [3.8, 4) is 22.5 Å². The number of aliphatic hydroxyl groups is 1. The molecule has 1 fully saturated rings. The normalized spacial score (nSPS) is 15.2. The SMILES string of the molecule is OC(CSc1nnc(-c2ccccc2)c(-c2ccccc2)n1)CN1CCN(c2ccccc2)CC1. The number of aliphatic hydroxyl groups excluding tert-OH is 1. The number of rotatable bonds is 8. The van der Waals surface area contributed by atoms with Crippen molar-refractivity contribution in [1.29, 1.82) is 0 Å². The van der Waals surface area contributed by atoms with Gasteiger partial charge in [-0.3, -0.25) is 4.90 Å². The fourth-order valence-corrected chi connectivity index (χ4v) is 5.01. The highest BCUT2D eigenvalue weighted by molar-refractivity contribution is 7.99. The van der Waals surface area contributed by atoms with Crippen LogP contribution in [0.25, 0.3) is 22.5 Å². The van der Waals surface area contributed by atoms with E-state index in [9.17, 15) is 5.11 Å². The summed E-state index contributed by atoms with van der Waals surface area (Å²) < 4.78 is 0. The molecule has 35 heavy (non-hydrogen) atoms. The largest absolute Gasteiger partial charge is 0.391 e. The number of hydrogen-bond donors (Lipinski definition) is 1. The van der Waals surface area contributed by atoms with E-state index in [1.165, 1.54) is 17.4 Å². The van der Waals surface area contributed by atoms with Gasteiger partial charge in [0.25, 0.3) is 0 Å². The van der Waals surface area contributed by atoms with Crippen LogP contribution in [0.2, 0.25) is 0 Å². The van der Waals surface area contributed by atoms with Gasteiger partial charge in [-0.05, 0) is 12.1 Å². The van der Waals surface area contributed by atoms with Crippen molar-refractivity contribution >= 4 is 17.4 Å². The quantitative estimate of drug-likeness (QED) is 0.371. The highest BCUT2D eigenvalue weighted by Crippen LogP contribution is 2.29. The van der Waals surface area contributed by atoms with Gasteiger partial charge in [-0.15, -0.1) is 10.2 Å². The van der Waals surface area contributed by atoms with E-state index >= 15 is 0 Å². The summed E-state index contributed by atoms with van der Waals surface area (Å²) in [5, 5.41) is 20.2. The third-order valence-corrected chi connectivity index (χ3v) is 7.11. The van der Waals surface area contributed by atoms with Crippen LogP contribution in [0, 0.1) is 0 Å². The number of benzene rings is 3. The number of β-amino-alcohol motifs (C(OH)–C–C–N with tert-alkyl or cyclic N) is 1. The zero-order valence-corrected chi connectivity index (χ0v) is 20.4. The van der Waals surface area contributed by atoms with Crippen LogP contribution in [0.1, 0.15) is 0 Å². The van der Waals surface area contributed by atoms with Gasteiger partial charge < -0.3 is 10.0 Å². The van der Waals surface area contributed by atoms with Gasteiger partial charge in [0.1, 0.15) is 11.4 Å². The minimum Gasteiger partial charge on any atom is -0.391 e. The molecule has 0 amide bonds. The molecule has 5 rings (SSSR count). The summed E-state index contributed by atoms with van der Waals surface area (Å²) in [5.41, 5.74) is 4.82. The van der Waals surface area contributed by atoms with Crippen molar-refractivity contribution in [3.05, 3.63) is 91.0 Å². The summed E-state index contributed by atoms with van der Waals surface area (Å²) in [5.74, 6) is 0.527. The maximum atomic E-state index is 10.7. The zero-order chi connectivity index (χ0) is 23.9. The highest BCUT2D eigenvalue weighted by atomic mass is 32.2. The lowest BCUT2D eigenvalue weighted by atomic mass is 10.0. The van der Waals surface area contributed by atoms with E-state index in [0.29, 0.717) is 17.5 Å². The molecule has 4 aromatic rings. The fraction of sp³-hybridized carbons (Fsp3) is 0.250. The fourth-order valence-electron chi connectivity index (χ4n) is 4.31. The summed E-state index contributed by atoms with van der Waals surface area (Å²) in [6.45, 7) is 4.48. The van der Waals surface area contributed by atoms with Crippen LogP contribution in [-0.4, -0.2) is 69.8 Å². The Balaban J connectivity index is 1.20. The first kappa shape index (κ1) is 23.5. The van der Waals surface area contributed by atoms with Gasteiger partial charge in [-0.2, -0.15) is 0 Å². The Morgan fingerprint density at radius 1 is 0.714 bits per heavy atom. The Kier molecular flexibility index (Phi) is 7.68. The molecule has 1 saturated heterocycles. The molecular formula is C28H29N5OS. The molecule has 178 valence electrons. The predicted molar refractivity (Wildman–Crippen MR) is 143 cm³/mol. The molecule has 0 spiro atoms. The van der Waals surface area contributed by atoms with Gasteiger partial charge in [0.15, 0.2) is 0 Å². The van der Waals surface area contributed by atoms with Gasteiger partial charge >= 0.3 is 0 Å². The minimum atomic E-state index is -0.458. The van der Waals surface area contributed by atoms with Crippen molar-refractivity contribution in [2.45, 2.75) is 11.3 Å². The standard InChI is InChI=1S/C28H29N5OS/c34-25(20-32-16-18-33(19-17-32)24-14-8-3-9-15-24)21-35-28-29-26(22-10-4-1-5-11-22)27(30-31-28)23-12-6-2-7-13-23/h1-15,25,34H,16-21H2. The highest BCUT2D eigenvalue weighted by Gasteiger charge is 2.20. The van der Waals surface area contributed by atoms with Crippen LogP contribution < -0.4 is 4.90 Å². The molecule has 3 aromatic carbocycles. The summed E-state index contributed by atoms with van der Waals surface area (Å²) in [4.78, 5) is 9.57. The number of para-hydroxylation sites is 1. The molecule has 2 heterocycles. The summed E-state index contributed by atoms with van der Waals surface area (Å²) in [7, 11) is 0. The van der Waals surface area contributed by atoms with E-state index in [1.54, 1.807) is 0 Å². The van der Waals surface area contributed by atoms with Crippen LogP contribution >= 0.6 is 11.8 Å². The van der Waals surface area contributed by atoms with Crippen molar-refractivity contribution in [2.75, 3.05) is 43.4 Å². The lowest BCUT2D eigenvalue weighted by molar-refractivity contribution is 0.126. The summed E-state index contributed by atoms with van der Waals surface area (Å²) in [6.07, 6.45) is -0.458. The number of aromatic nitrogens is 3. The molecule has 1 aliphatic rings. The van der Waals surface area contributed by atoms with E-state index in [0.717, 1.165) is 48.7 Å². The van der Waals surface area contributed by atoms with E-state index in [2.05, 4.69) is 44.3 Å². The number of hydrogen-bond acceptors (Lipinski definition) is 7. The molecule has 0 aliphatic carbocycles. The monoisotopic (exact) mass is 483 g/mol. The average Bonchev–Trinajstić information content (AvgIpc) is 2.94. The van der Waals surface area contributed by atoms with Gasteiger partial charge in [0.2, 0.25) is 5.16 Å². The Hall–Kier alpha value is -3.26. The first-order valence-electron chi connectivity index (χ1n) is 11.9. The predicted octanol–water partition coefficient (Wildman–Crippen LogP) is 4.48. The smallest absolute Gasteiger partial charge is 0.209 e. The lowest BCUT2D eigenvalue weighted by Gasteiger charge is -2.36. The Morgan fingerprint density at radius 3 is 1.91 bits per heavy atom. The molecule has 1 unspecified atom stereocenters. The molecule has 1 aromatic heterocycles. The number of anilines is 1. The van der Waals surface area contributed by atoms with E-state index < -0.39 is 6.10 Å². The van der Waals surface area contributed by atoms with Crippen LogP contribution in [0.5, 0.6) is 0 Å². The van der Waals surface area contributed by atoms with Crippen molar-refractivity contribution < 1.29 is 5.11 Å². The van der Waals surface area contributed by atoms with Gasteiger partial charge in [-0.1, -0.05) is 90.6 Å². The number of thioether (sulfide) groups is 1. The van der Waals surface area contributed by atoms with E-state index in [4.69, 9.17) is 4.98 Å². The molecule has 1 aliphatic heterocycles. The first-order valence-corrected chi connectivity index (χ1v) is 12.9. The maximum absolute atomic E-state index is 10.7. The number of piperazine rings is 1. The van der Waals surface area contributed by atoms with Crippen LogP contribution in [-0.2, 0) is 0 Å².